The summed E-state index contributed by atoms with van der Waals surface area (Å²) in [7, 11) is 0. The van der Waals surface area contributed by atoms with Crippen molar-refractivity contribution < 1.29 is 24.3 Å². The molecule has 0 saturated heterocycles. The van der Waals surface area contributed by atoms with Gasteiger partial charge in [0.2, 0.25) is 0 Å². The third-order valence-electron chi connectivity index (χ3n) is 4.09. The minimum atomic E-state index is -0.459. The van der Waals surface area contributed by atoms with Crippen molar-refractivity contribution >= 4 is 52.7 Å². The molecule has 150 valence electrons. The summed E-state index contributed by atoms with van der Waals surface area (Å²) in [5.41, 5.74) is 0.322. The van der Waals surface area contributed by atoms with Gasteiger partial charge in [0.1, 0.15) is 17.7 Å². The highest BCUT2D eigenvalue weighted by atomic mass is 35.5. The molecule has 29 heavy (non-hydrogen) atoms. The monoisotopic (exact) mass is 435 g/mol. The first-order valence-electron chi connectivity index (χ1n) is 8.42. The van der Waals surface area contributed by atoms with Crippen LogP contribution >= 0.6 is 23.2 Å². The molecule has 2 amide bonds. The third-order valence-corrected chi connectivity index (χ3v) is 4.56. The van der Waals surface area contributed by atoms with E-state index in [0.29, 0.717) is 10.0 Å². The fourth-order valence-electron chi connectivity index (χ4n) is 2.75. The van der Waals surface area contributed by atoms with E-state index in [1.807, 2.05) is 0 Å². The second kappa shape index (κ2) is 8.52. The molecule has 0 unspecified atom stereocenters. The summed E-state index contributed by atoms with van der Waals surface area (Å²) in [4.78, 5) is 29.0. The van der Waals surface area contributed by atoms with E-state index in [2.05, 4.69) is 15.6 Å². The zero-order valence-corrected chi connectivity index (χ0v) is 16.5. The number of halogens is 2. The Hall–Kier alpha value is -3.07. The average molecular weight is 436 g/mol. The van der Waals surface area contributed by atoms with Crippen LogP contribution in [0.15, 0.2) is 53.8 Å². The SMILES string of the molecule is O=C(C[N+]1(CC(=O)Nc2cc(Cl)ccc2O)C=CN=C1)Nc1cc(Cl)ccc1O. The molecule has 0 aliphatic carbocycles. The first-order chi connectivity index (χ1) is 13.8. The van der Waals surface area contributed by atoms with Crippen molar-refractivity contribution in [2.24, 2.45) is 4.99 Å². The number of anilines is 2. The predicted molar refractivity (Wildman–Crippen MR) is 111 cm³/mol. The molecule has 1 heterocycles. The van der Waals surface area contributed by atoms with Crippen LogP contribution in [0.1, 0.15) is 0 Å². The van der Waals surface area contributed by atoms with Crippen molar-refractivity contribution in [2.75, 3.05) is 23.7 Å². The highest BCUT2D eigenvalue weighted by Gasteiger charge is 2.33. The maximum atomic E-state index is 12.5. The Labute approximate surface area is 176 Å². The first kappa shape index (κ1) is 20.7. The molecule has 0 radical (unpaired) electrons. The number of nitrogens with zero attached hydrogens (tertiary/aromatic N) is 2. The van der Waals surface area contributed by atoms with Gasteiger partial charge in [0.05, 0.1) is 17.6 Å². The molecule has 8 nitrogen and oxygen atoms in total. The molecule has 0 aromatic heterocycles. The molecular formula is C19H17Cl2N4O4+. The summed E-state index contributed by atoms with van der Waals surface area (Å²) in [5.74, 6) is -1.18. The Morgan fingerprint density at radius 3 is 1.79 bits per heavy atom. The first-order valence-corrected chi connectivity index (χ1v) is 9.17. The van der Waals surface area contributed by atoms with Crippen molar-refractivity contribution in [2.45, 2.75) is 0 Å². The summed E-state index contributed by atoms with van der Waals surface area (Å²) in [6, 6.07) is 8.55. The number of nitrogens with one attached hydrogen (secondary N) is 2. The number of amides is 2. The van der Waals surface area contributed by atoms with Crippen molar-refractivity contribution in [1.29, 1.82) is 0 Å². The number of rotatable bonds is 6. The van der Waals surface area contributed by atoms with Gasteiger partial charge in [-0.3, -0.25) is 9.59 Å². The van der Waals surface area contributed by atoms with Gasteiger partial charge in [0, 0.05) is 10.0 Å². The number of hydrogen-bond donors (Lipinski definition) is 4. The lowest BCUT2D eigenvalue weighted by molar-refractivity contribution is -0.760. The summed E-state index contributed by atoms with van der Waals surface area (Å²) >= 11 is 11.8. The van der Waals surface area contributed by atoms with Gasteiger partial charge in [-0.1, -0.05) is 23.2 Å². The van der Waals surface area contributed by atoms with Crippen LogP contribution in [0.5, 0.6) is 11.5 Å². The molecular weight excluding hydrogens is 419 g/mol. The van der Waals surface area contributed by atoms with E-state index in [1.54, 1.807) is 6.20 Å². The molecule has 0 atom stereocenters. The van der Waals surface area contributed by atoms with Crippen LogP contribution in [0.4, 0.5) is 11.4 Å². The maximum Gasteiger partial charge on any atom is 0.280 e. The summed E-state index contributed by atoms with van der Waals surface area (Å²) < 4.78 is -0.180. The highest BCUT2D eigenvalue weighted by Crippen LogP contribution is 2.28. The molecule has 0 spiro atoms. The summed E-state index contributed by atoms with van der Waals surface area (Å²) in [5, 5.41) is 25.5. The van der Waals surface area contributed by atoms with Gasteiger partial charge in [-0.15, -0.1) is 0 Å². The van der Waals surface area contributed by atoms with E-state index in [9.17, 15) is 19.8 Å². The Morgan fingerprint density at radius 2 is 1.38 bits per heavy atom. The summed E-state index contributed by atoms with van der Waals surface area (Å²) in [6.07, 6.45) is 4.53. The van der Waals surface area contributed by atoms with Crippen LogP contribution in [0, 0.1) is 0 Å². The molecule has 0 fully saturated rings. The highest BCUT2D eigenvalue weighted by molar-refractivity contribution is 6.31. The Morgan fingerprint density at radius 1 is 0.897 bits per heavy atom. The molecule has 0 bridgehead atoms. The molecule has 3 rings (SSSR count). The fourth-order valence-corrected chi connectivity index (χ4v) is 3.10. The number of carbonyl (C=O) groups excluding carboxylic acids is 2. The smallest absolute Gasteiger partial charge is 0.280 e. The molecule has 1 aliphatic heterocycles. The lowest BCUT2D eigenvalue weighted by atomic mass is 10.2. The van der Waals surface area contributed by atoms with Crippen LogP contribution in [-0.2, 0) is 9.59 Å². The van der Waals surface area contributed by atoms with Gasteiger partial charge in [0.15, 0.2) is 19.4 Å². The standard InChI is InChI=1S/C19H16Cl2N4O4/c20-12-1-3-16(26)14(7-12)23-18(28)9-25(6-5-22-11-25)10-19(29)24-15-8-13(21)2-4-17(15)27/h1-8,11H,9-10H2,(H3-,23,24,26,27,28,29)/p+1. The Bertz CT molecular complexity index is 942. The molecule has 2 aromatic carbocycles. The Kier molecular flexibility index (Phi) is 6.07. The van der Waals surface area contributed by atoms with E-state index in [4.69, 9.17) is 23.2 Å². The molecule has 0 saturated carbocycles. The van der Waals surface area contributed by atoms with Crippen molar-refractivity contribution in [3.05, 3.63) is 58.8 Å². The molecule has 10 heteroatoms. The van der Waals surface area contributed by atoms with Crippen LogP contribution < -0.4 is 10.6 Å². The van der Waals surface area contributed by atoms with Gasteiger partial charge in [-0.2, -0.15) is 0 Å². The fraction of sp³-hybridized carbons (Fsp3) is 0.105. The van der Waals surface area contributed by atoms with E-state index in [0.717, 1.165) is 0 Å². The normalized spacial score (nSPS) is 14.0. The van der Waals surface area contributed by atoms with E-state index in [-0.39, 0.29) is 40.4 Å². The third kappa shape index (κ3) is 5.26. The Balaban J connectivity index is 1.69. The largest absolute Gasteiger partial charge is 0.506 e. The molecule has 1 aliphatic rings. The van der Waals surface area contributed by atoms with Crippen molar-refractivity contribution in [1.82, 2.24) is 0 Å². The number of aromatic hydroxyl groups is 2. The van der Waals surface area contributed by atoms with Gasteiger partial charge >= 0.3 is 0 Å². The van der Waals surface area contributed by atoms with E-state index >= 15 is 0 Å². The lowest BCUT2D eigenvalue weighted by Gasteiger charge is -2.26. The second-order valence-corrected chi connectivity index (χ2v) is 7.27. The zero-order chi connectivity index (χ0) is 21.0. The molecule has 2 aromatic rings. The van der Waals surface area contributed by atoms with Crippen LogP contribution in [0.25, 0.3) is 0 Å². The molecule has 4 N–H and O–H groups in total. The van der Waals surface area contributed by atoms with Crippen LogP contribution in [0.2, 0.25) is 10.0 Å². The van der Waals surface area contributed by atoms with Crippen LogP contribution in [0.3, 0.4) is 0 Å². The van der Waals surface area contributed by atoms with E-state index in [1.165, 1.54) is 48.9 Å². The maximum absolute atomic E-state index is 12.5. The van der Waals surface area contributed by atoms with Crippen LogP contribution in [-0.4, -0.2) is 45.9 Å². The number of phenols is 2. The number of carbonyl (C=O) groups is 2. The number of aliphatic imine (C=N–C) groups is 1. The average Bonchev–Trinajstić information content (AvgIpc) is 3.08. The minimum absolute atomic E-state index is 0.130. The topological polar surface area (TPSA) is 111 Å². The number of phenolic OH excluding ortho intramolecular Hbond substituents is 2. The zero-order valence-electron chi connectivity index (χ0n) is 15.0. The van der Waals surface area contributed by atoms with Gasteiger partial charge < -0.3 is 20.8 Å². The summed E-state index contributed by atoms with van der Waals surface area (Å²) in [6.45, 7) is -0.304. The minimum Gasteiger partial charge on any atom is -0.506 e. The van der Waals surface area contributed by atoms with Gasteiger partial charge in [-0.25, -0.2) is 9.48 Å². The lowest BCUT2D eigenvalue weighted by Crippen LogP contribution is -2.50. The van der Waals surface area contributed by atoms with E-state index < -0.39 is 11.8 Å². The quantitative estimate of drug-likeness (QED) is 0.411. The second-order valence-electron chi connectivity index (χ2n) is 6.40. The van der Waals surface area contributed by atoms with Gasteiger partial charge in [-0.05, 0) is 36.4 Å². The van der Waals surface area contributed by atoms with Gasteiger partial charge in [0.25, 0.3) is 11.8 Å². The van der Waals surface area contributed by atoms with Crippen molar-refractivity contribution in [3.8, 4) is 11.5 Å². The van der Waals surface area contributed by atoms with Crippen molar-refractivity contribution in [3.63, 3.8) is 0 Å². The number of benzene rings is 2. The predicted octanol–water partition coefficient (Wildman–Crippen LogP) is 3.31. The number of hydrogen-bond acceptors (Lipinski definition) is 5. The number of quaternary nitrogens is 1.